The van der Waals surface area contributed by atoms with E-state index in [1.165, 1.54) is 18.4 Å². The first-order chi connectivity index (χ1) is 9.19. The Hall–Kier alpha value is -1.31. The standard InChI is InChI=1S/C17H25NO/c1-4-13-7-9-15(10-8-13)17(19)18-12-14(5-2)11-16(18)6-3/h7-10,14,16H,4-6,11-12H2,1-3H3. The highest BCUT2D eigenvalue weighted by Crippen LogP contribution is 2.28. The van der Waals surface area contributed by atoms with Crippen LogP contribution in [0.1, 0.15) is 56.0 Å². The van der Waals surface area contributed by atoms with E-state index in [1.54, 1.807) is 0 Å². The van der Waals surface area contributed by atoms with Crippen molar-refractivity contribution in [3.63, 3.8) is 0 Å². The normalized spacial score (nSPS) is 22.8. The van der Waals surface area contributed by atoms with Gasteiger partial charge < -0.3 is 4.90 Å². The van der Waals surface area contributed by atoms with Crippen molar-refractivity contribution < 1.29 is 4.79 Å². The van der Waals surface area contributed by atoms with Crippen molar-refractivity contribution in [2.24, 2.45) is 5.92 Å². The minimum Gasteiger partial charge on any atom is -0.335 e. The Kier molecular flexibility index (Phi) is 4.62. The summed E-state index contributed by atoms with van der Waals surface area (Å²) in [4.78, 5) is 14.7. The van der Waals surface area contributed by atoms with Crippen LogP contribution in [0.15, 0.2) is 24.3 Å². The Morgan fingerprint density at radius 1 is 1.16 bits per heavy atom. The fraction of sp³-hybridized carbons (Fsp3) is 0.588. The fourth-order valence-corrected chi connectivity index (χ4v) is 2.99. The van der Waals surface area contributed by atoms with Gasteiger partial charge in [-0.3, -0.25) is 4.79 Å². The lowest BCUT2D eigenvalue weighted by Gasteiger charge is -2.23. The zero-order valence-corrected chi connectivity index (χ0v) is 12.4. The van der Waals surface area contributed by atoms with Gasteiger partial charge in [-0.05, 0) is 42.9 Å². The number of carbonyl (C=O) groups is 1. The number of aryl methyl sites for hydroxylation is 1. The Morgan fingerprint density at radius 3 is 2.37 bits per heavy atom. The Bertz CT molecular complexity index is 423. The van der Waals surface area contributed by atoms with E-state index in [2.05, 4.69) is 37.8 Å². The van der Waals surface area contributed by atoms with Crippen molar-refractivity contribution in [1.29, 1.82) is 0 Å². The van der Waals surface area contributed by atoms with E-state index in [-0.39, 0.29) is 5.91 Å². The molecular weight excluding hydrogens is 234 g/mol. The third kappa shape index (κ3) is 2.99. The molecule has 1 fully saturated rings. The molecule has 0 aliphatic carbocycles. The molecule has 1 amide bonds. The molecule has 1 aromatic carbocycles. The molecule has 2 rings (SSSR count). The second-order valence-electron chi connectivity index (χ2n) is 5.58. The van der Waals surface area contributed by atoms with Crippen LogP contribution < -0.4 is 0 Å². The van der Waals surface area contributed by atoms with Crippen molar-refractivity contribution in [2.75, 3.05) is 6.54 Å². The van der Waals surface area contributed by atoms with E-state index in [4.69, 9.17) is 0 Å². The van der Waals surface area contributed by atoms with Gasteiger partial charge in [-0.25, -0.2) is 0 Å². The molecule has 2 nitrogen and oxygen atoms in total. The van der Waals surface area contributed by atoms with Gasteiger partial charge in [-0.1, -0.05) is 39.3 Å². The summed E-state index contributed by atoms with van der Waals surface area (Å²) < 4.78 is 0. The Balaban J connectivity index is 2.13. The molecule has 1 saturated heterocycles. The zero-order chi connectivity index (χ0) is 13.8. The Labute approximate surface area is 116 Å². The maximum Gasteiger partial charge on any atom is 0.254 e. The average Bonchev–Trinajstić information content (AvgIpc) is 2.90. The van der Waals surface area contributed by atoms with Crippen LogP contribution in [0.2, 0.25) is 0 Å². The summed E-state index contributed by atoms with van der Waals surface area (Å²) in [6.07, 6.45) is 4.43. The largest absolute Gasteiger partial charge is 0.335 e. The molecule has 1 aliphatic rings. The van der Waals surface area contributed by atoms with Crippen molar-refractivity contribution in [2.45, 2.75) is 52.5 Å². The first kappa shape index (κ1) is 14.1. The number of amides is 1. The van der Waals surface area contributed by atoms with Gasteiger partial charge in [0.25, 0.3) is 5.91 Å². The highest BCUT2D eigenvalue weighted by molar-refractivity contribution is 5.94. The maximum absolute atomic E-state index is 12.6. The van der Waals surface area contributed by atoms with Crippen LogP contribution in [0.5, 0.6) is 0 Å². The summed E-state index contributed by atoms with van der Waals surface area (Å²) in [5, 5.41) is 0. The van der Waals surface area contributed by atoms with E-state index >= 15 is 0 Å². The molecule has 0 saturated carbocycles. The fourth-order valence-electron chi connectivity index (χ4n) is 2.99. The summed E-state index contributed by atoms with van der Waals surface area (Å²) >= 11 is 0. The minimum atomic E-state index is 0.213. The second-order valence-corrected chi connectivity index (χ2v) is 5.58. The van der Waals surface area contributed by atoms with Crippen molar-refractivity contribution >= 4 is 5.91 Å². The van der Waals surface area contributed by atoms with Gasteiger partial charge in [0.05, 0.1) is 0 Å². The number of likely N-dealkylation sites (tertiary alicyclic amines) is 1. The molecule has 1 aliphatic heterocycles. The molecule has 19 heavy (non-hydrogen) atoms. The van der Waals surface area contributed by atoms with Crippen LogP contribution >= 0.6 is 0 Å². The van der Waals surface area contributed by atoms with E-state index < -0.39 is 0 Å². The van der Waals surface area contributed by atoms with E-state index in [0.717, 1.165) is 24.9 Å². The smallest absolute Gasteiger partial charge is 0.254 e. The third-order valence-corrected chi connectivity index (χ3v) is 4.42. The van der Waals surface area contributed by atoms with Crippen molar-refractivity contribution in [1.82, 2.24) is 4.90 Å². The van der Waals surface area contributed by atoms with Gasteiger partial charge in [0.1, 0.15) is 0 Å². The molecule has 0 spiro atoms. The molecule has 104 valence electrons. The number of rotatable bonds is 4. The lowest BCUT2D eigenvalue weighted by atomic mass is 10.0. The molecule has 2 heteroatoms. The van der Waals surface area contributed by atoms with Crippen LogP contribution in [0.25, 0.3) is 0 Å². The van der Waals surface area contributed by atoms with E-state index in [0.29, 0.717) is 12.0 Å². The topological polar surface area (TPSA) is 20.3 Å². The molecule has 0 N–H and O–H groups in total. The SMILES string of the molecule is CCc1ccc(C(=O)N2CC(CC)CC2CC)cc1. The Morgan fingerprint density at radius 2 is 1.84 bits per heavy atom. The van der Waals surface area contributed by atoms with Gasteiger partial charge in [0, 0.05) is 18.2 Å². The first-order valence-electron chi connectivity index (χ1n) is 7.59. The molecule has 0 aromatic heterocycles. The lowest BCUT2D eigenvalue weighted by molar-refractivity contribution is 0.0729. The van der Waals surface area contributed by atoms with Crippen molar-refractivity contribution in [3.05, 3.63) is 35.4 Å². The van der Waals surface area contributed by atoms with Crippen LogP contribution in [-0.4, -0.2) is 23.4 Å². The van der Waals surface area contributed by atoms with E-state index in [1.807, 2.05) is 12.1 Å². The van der Waals surface area contributed by atoms with Crippen LogP contribution in [0, 0.1) is 5.92 Å². The van der Waals surface area contributed by atoms with Gasteiger partial charge in [0.2, 0.25) is 0 Å². The molecule has 1 heterocycles. The summed E-state index contributed by atoms with van der Waals surface area (Å²) in [5.74, 6) is 0.897. The molecule has 2 atom stereocenters. The van der Waals surface area contributed by atoms with Crippen LogP contribution in [0.3, 0.4) is 0 Å². The highest BCUT2D eigenvalue weighted by atomic mass is 16.2. The van der Waals surface area contributed by atoms with Crippen LogP contribution in [-0.2, 0) is 6.42 Å². The highest BCUT2D eigenvalue weighted by Gasteiger charge is 2.33. The molecule has 2 unspecified atom stereocenters. The maximum atomic E-state index is 12.6. The second kappa shape index (κ2) is 6.23. The number of carbonyl (C=O) groups excluding carboxylic acids is 1. The summed E-state index contributed by atoms with van der Waals surface area (Å²) in [6.45, 7) is 7.48. The van der Waals surface area contributed by atoms with E-state index in [9.17, 15) is 4.79 Å². The van der Waals surface area contributed by atoms with Gasteiger partial charge in [-0.15, -0.1) is 0 Å². The third-order valence-electron chi connectivity index (χ3n) is 4.42. The number of hydrogen-bond acceptors (Lipinski definition) is 1. The quantitative estimate of drug-likeness (QED) is 0.803. The van der Waals surface area contributed by atoms with Gasteiger partial charge in [-0.2, -0.15) is 0 Å². The monoisotopic (exact) mass is 259 g/mol. The lowest BCUT2D eigenvalue weighted by Crippen LogP contribution is -2.35. The summed E-state index contributed by atoms with van der Waals surface area (Å²) in [5.41, 5.74) is 2.13. The predicted molar refractivity (Wildman–Crippen MR) is 79.3 cm³/mol. The van der Waals surface area contributed by atoms with Gasteiger partial charge >= 0.3 is 0 Å². The average molecular weight is 259 g/mol. The number of hydrogen-bond donors (Lipinski definition) is 0. The molecular formula is C17H25NO. The zero-order valence-electron chi connectivity index (χ0n) is 12.4. The predicted octanol–water partition coefficient (Wildman–Crippen LogP) is 3.90. The number of benzene rings is 1. The van der Waals surface area contributed by atoms with Crippen LogP contribution in [0.4, 0.5) is 0 Å². The van der Waals surface area contributed by atoms with Gasteiger partial charge in [0.15, 0.2) is 0 Å². The summed E-state index contributed by atoms with van der Waals surface area (Å²) in [7, 11) is 0. The molecule has 1 aromatic rings. The summed E-state index contributed by atoms with van der Waals surface area (Å²) in [6, 6.07) is 8.53. The molecule has 0 radical (unpaired) electrons. The van der Waals surface area contributed by atoms with Crippen molar-refractivity contribution in [3.8, 4) is 0 Å². The minimum absolute atomic E-state index is 0.213. The molecule has 0 bridgehead atoms. The number of nitrogens with zero attached hydrogens (tertiary/aromatic N) is 1. The first-order valence-corrected chi connectivity index (χ1v) is 7.59.